The quantitative estimate of drug-likeness (QED) is 0.913. The first-order valence-corrected chi connectivity index (χ1v) is 6.86. The van der Waals surface area contributed by atoms with E-state index in [0.29, 0.717) is 6.54 Å². The molecule has 1 unspecified atom stereocenters. The Kier molecular flexibility index (Phi) is 4.01. The standard InChI is InChI=1S/C13H17N3O2S/c1-9(12-5-4-6-19-12)15(2)8-11-10(13(17)18)7-14-16(11)3/h4-7,9H,8H2,1-3H3,(H,17,18). The fourth-order valence-electron chi connectivity index (χ4n) is 1.95. The lowest BCUT2D eigenvalue weighted by molar-refractivity contribution is 0.0694. The summed E-state index contributed by atoms with van der Waals surface area (Å²) in [6.45, 7) is 2.67. The average Bonchev–Trinajstić information content (AvgIpc) is 2.99. The first-order valence-electron chi connectivity index (χ1n) is 5.98. The Morgan fingerprint density at radius 2 is 2.37 bits per heavy atom. The summed E-state index contributed by atoms with van der Waals surface area (Å²) >= 11 is 1.71. The van der Waals surface area contributed by atoms with Crippen molar-refractivity contribution in [3.8, 4) is 0 Å². The van der Waals surface area contributed by atoms with Crippen molar-refractivity contribution in [2.24, 2.45) is 7.05 Å². The number of rotatable bonds is 5. The van der Waals surface area contributed by atoms with Crippen molar-refractivity contribution < 1.29 is 9.90 Å². The molecule has 0 amide bonds. The largest absolute Gasteiger partial charge is 0.478 e. The third kappa shape index (κ3) is 2.85. The molecule has 2 aromatic heterocycles. The van der Waals surface area contributed by atoms with Crippen LogP contribution in [0.3, 0.4) is 0 Å². The first-order chi connectivity index (χ1) is 9.00. The predicted octanol–water partition coefficient (Wildman–Crippen LogP) is 2.37. The van der Waals surface area contributed by atoms with E-state index in [9.17, 15) is 4.79 Å². The van der Waals surface area contributed by atoms with E-state index in [1.807, 2.05) is 18.5 Å². The van der Waals surface area contributed by atoms with Gasteiger partial charge in [-0.05, 0) is 25.4 Å². The number of carboxylic acid groups (broad SMARTS) is 1. The van der Waals surface area contributed by atoms with Crippen molar-refractivity contribution in [3.05, 3.63) is 39.8 Å². The van der Waals surface area contributed by atoms with Gasteiger partial charge in [-0.3, -0.25) is 9.58 Å². The molecular formula is C13H17N3O2S. The first kappa shape index (κ1) is 13.8. The molecule has 19 heavy (non-hydrogen) atoms. The van der Waals surface area contributed by atoms with Gasteiger partial charge < -0.3 is 5.11 Å². The third-order valence-electron chi connectivity index (χ3n) is 3.31. The minimum atomic E-state index is -0.930. The van der Waals surface area contributed by atoms with Crippen LogP contribution in [0, 0.1) is 0 Å². The van der Waals surface area contributed by atoms with E-state index in [-0.39, 0.29) is 11.6 Å². The van der Waals surface area contributed by atoms with Crippen molar-refractivity contribution in [2.75, 3.05) is 7.05 Å². The Labute approximate surface area is 116 Å². The monoisotopic (exact) mass is 279 g/mol. The van der Waals surface area contributed by atoms with Gasteiger partial charge in [0.15, 0.2) is 0 Å². The molecule has 1 N–H and O–H groups in total. The van der Waals surface area contributed by atoms with Crippen molar-refractivity contribution in [1.82, 2.24) is 14.7 Å². The van der Waals surface area contributed by atoms with Crippen LogP contribution in [0.25, 0.3) is 0 Å². The Balaban J connectivity index is 2.17. The zero-order valence-corrected chi connectivity index (χ0v) is 12.0. The number of aromatic nitrogens is 2. The highest BCUT2D eigenvalue weighted by atomic mass is 32.1. The van der Waals surface area contributed by atoms with E-state index in [0.717, 1.165) is 5.69 Å². The maximum atomic E-state index is 11.1. The minimum Gasteiger partial charge on any atom is -0.478 e. The number of aromatic carboxylic acids is 1. The summed E-state index contributed by atoms with van der Waals surface area (Å²) in [7, 11) is 3.76. The zero-order chi connectivity index (χ0) is 14.0. The molecular weight excluding hydrogens is 262 g/mol. The van der Waals surface area contributed by atoms with Crippen LogP contribution in [-0.4, -0.2) is 32.8 Å². The topological polar surface area (TPSA) is 58.4 Å². The van der Waals surface area contributed by atoms with Gasteiger partial charge in [0.05, 0.1) is 11.9 Å². The predicted molar refractivity (Wildman–Crippen MR) is 74.4 cm³/mol. The van der Waals surface area contributed by atoms with E-state index >= 15 is 0 Å². The Morgan fingerprint density at radius 1 is 1.63 bits per heavy atom. The molecule has 2 heterocycles. The fraction of sp³-hybridized carbons (Fsp3) is 0.385. The van der Waals surface area contributed by atoms with Crippen LogP contribution < -0.4 is 0 Å². The molecule has 2 aromatic rings. The molecule has 102 valence electrons. The van der Waals surface area contributed by atoms with E-state index in [2.05, 4.69) is 23.0 Å². The van der Waals surface area contributed by atoms with Crippen LogP contribution in [-0.2, 0) is 13.6 Å². The summed E-state index contributed by atoms with van der Waals surface area (Å²) in [5, 5.41) is 15.2. The average molecular weight is 279 g/mol. The summed E-state index contributed by atoms with van der Waals surface area (Å²) in [5.74, 6) is -0.930. The minimum absolute atomic E-state index is 0.247. The highest BCUT2D eigenvalue weighted by Gasteiger charge is 2.19. The molecule has 2 rings (SSSR count). The number of nitrogens with zero attached hydrogens (tertiary/aromatic N) is 3. The maximum Gasteiger partial charge on any atom is 0.339 e. The zero-order valence-electron chi connectivity index (χ0n) is 11.2. The van der Waals surface area contributed by atoms with Crippen LogP contribution in [0.15, 0.2) is 23.7 Å². The van der Waals surface area contributed by atoms with Gasteiger partial charge in [0, 0.05) is 24.5 Å². The van der Waals surface area contributed by atoms with Crippen molar-refractivity contribution in [1.29, 1.82) is 0 Å². The molecule has 0 bridgehead atoms. The van der Waals surface area contributed by atoms with Crippen LogP contribution in [0.1, 0.15) is 33.9 Å². The smallest absolute Gasteiger partial charge is 0.339 e. The van der Waals surface area contributed by atoms with Crippen LogP contribution >= 0.6 is 11.3 Å². The molecule has 0 saturated carbocycles. The van der Waals surface area contributed by atoms with E-state index in [1.165, 1.54) is 11.1 Å². The van der Waals surface area contributed by atoms with Gasteiger partial charge in [0.25, 0.3) is 0 Å². The highest BCUT2D eigenvalue weighted by molar-refractivity contribution is 7.10. The van der Waals surface area contributed by atoms with E-state index in [4.69, 9.17) is 5.11 Å². The summed E-state index contributed by atoms with van der Waals surface area (Å²) in [4.78, 5) is 14.5. The van der Waals surface area contributed by atoms with Gasteiger partial charge >= 0.3 is 5.97 Å². The van der Waals surface area contributed by atoms with Crippen LogP contribution in [0.2, 0.25) is 0 Å². The van der Waals surface area contributed by atoms with Gasteiger partial charge in [0.1, 0.15) is 5.56 Å². The molecule has 1 atom stereocenters. The van der Waals surface area contributed by atoms with E-state index < -0.39 is 5.97 Å². The van der Waals surface area contributed by atoms with Gasteiger partial charge in [-0.2, -0.15) is 5.10 Å². The SMILES string of the molecule is CC(c1cccs1)N(C)Cc1c(C(=O)O)cnn1C. The molecule has 5 nitrogen and oxygen atoms in total. The number of hydrogen-bond acceptors (Lipinski definition) is 4. The second kappa shape index (κ2) is 5.54. The number of aryl methyl sites for hydroxylation is 1. The normalized spacial score (nSPS) is 12.8. The number of hydrogen-bond donors (Lipinski definition) is 1. The number of carbonyl (C=O) groups is 1. The van der Waals surface area contributed by atoms with Gasteiger partial charge in [-0.15, -0.1) is 11.3 Å². The Morgan fingerprint density at radius 3 is 2.95 bits per heavy atom. The lowest BCUT2D eigenvalue weighted by Gasteiger charge is -2.24. The Hall–Kier alpha value is -1.66. The molecule has 0 fully saturated rings. The van der Waals surface area contributed by atoms with Crippen LogP contribution in [0.5, 0.6) is 0 Å². The summed E-state index contributed by atoms with van der Waals surface area (Å²) in [6, 6.07) is 4.36. The fourth-order valence-corrected chi connectivity index (χ4v) is 2.80. The lowest BCUT2D eigenvalue weighted by Crippen LogP contribution is -2.23. The van der Waals surface area contributed by atoms with Gasteiger partial charge in [0.2, 0.25) is 0 Å². The molecule has 0 spiro atoms. The lowest BCUT2D eigenvalue weighted by atomic mass is 10.2. The molecule has 0 saturated heterocycles. The molecule has 0 aliphatic carbocycles. The molecule has 6 heteroatoms. The molecule has 0 aliphatic heterocycles. The maximum absolute atomic E-state index is 11.1. The molecule has 0 radical (unpaired) electrons. The number of carboxylic acids is 1. The molecule has 0 aliphatic rings. The van der Waals surface area contributed by atoms with Gasteiger partial charge in [-0.1, -0.05) is 6.07 Å². The Bertz CT molecular complexity index is 562. The summed E-state index contributed by atoms with van der Waals surface area (Å²) < 4.78 is 1.63. The highest BCUT2D eigenvalue weighted by Crippen LogP contribution is 2.25. The van der Waals surface area contributed by atoms with Crippen molar-refractivity contribution >= 4 is 17.3 Å². The third-order valence-corrected chi connectivity index (χ3v) is 4.35. The van der Waals surface area contributed by atoms with E-state index in [1.54, 1.807) is 23.1 Å². The van der Waals surface area contributed by atoms with Crippen molar-refractivity contribution in [2.45, 2.75) is 19.5 Å². The van der Waals surface area contributed by atoms with Gasteiger partial charge in [-0.25, -0.2) is 4.79 Å². The summed E-state index contributed by atoms with van der Waals surface area (Å²) in [5.41, 5.74) is 0.992. The number of thiophene rings is 1. The second-order valence-corrected chi connectivity index (χ2v) is 5.52. The molecule has 0 aromatic carbocycles. The van der Waals surface area contributed by atoms with Crippen molar-refractivity contribution in [3.63, 3.8) is 0 Å². The second-order valence-electron chi connectivity index (χ2n) is 4.54. The van der Waals surface area contributed by atoms with Crippen LogP contribution in [0.4, 0.5) is 0 Å². The summed E-state index contributed by atoms with van der Waals surface area (Å²) in [6.07, 6.45) is 1.40.